The molecule has 17 heavy (non-hydrogen) atoms. The average molecular weight is 248 g/mol. The molecule has 0 aliphatic carbocycles. The van der Waals surface area contributed by atoms with Crippen molar-refractivity contribution in [2.75, 3.05) is 0 Å². The number of benzene rings is 1. The molecule has 0 unspecified atom stereocenters. The fraction of sp³-hybridized carbons (Fsp3) is 0.357. The first-order valence-electron chi connectivity index (χ1n) is 5.60. The number of aryl methyl sites for hydroxylation is 1. The van der Waals surface area contributed by atoms with Gasteiger partial charge in [-0.25, -0.2) is 4.79 Å². The molecule has 0 saturated carbocycles. The zero-order valence-corrected chi connectivity index (χ0v) is 11.4. The van der Waals surface area contributed by atoms with E-state index in [-0.39, 0.29) is 5.97 Å². The molecule has 0 aliphatic heterocycles. The molecule has 0 atom stereocenters. The lowest BCUT2D eigenvalue weighted by molar-refractivity contribution is 0.00747. The predicted octanol–water partition coefficient (Wildman–Crippen LogP) is 4.17. The highest BCUT2D eigenvalue weighted by molar-refractivity contribution is 7.21. The second-order valence-corrected chi connectivity index (χ2v) is 6.11. The summed E-state index contributed by atoms with van der Waals surface area (Å²) in [5.41, 5.74) is 0.569. The van der Waals surface area contributed by atoms with Crippen molar-refractivity contribution < 1.29 is 9.53 Å². The van der Waals surface area contributed by atoms with E-state index < -0.39 is 5.60 Å². The van der Waals surface area contributed by atoms with Gasteiger partial charge in [-0.1, -0.05) is 18.2 Å². The number of carbonyl (C=O) groups is 1. The van der Waals surface area contributed by atoms with E-state index >= 15 is 0 Å². The van der Waals surface area contributed by atoms with Crippen molar-refractivity contribution in [3.63, 3.8) is 0 Å². The van der Waals surface area contributed by atoms with Gasteiger partial charge in [-0.2, -0.15) is 0 Å². The molecule has 0 radical (unpaired) electrons. The number of carbonyl (C=O) groups excluding carboxylic acids is 1. The van der Waals surface area contributed by atoms with Gasteiger partial charge in [0.2, 0.25) is 0 Å². The number of fused-ring (bicyclic) bond motifs is 1. The largest absolute Gasteiger partial charge is 0.456 e. The topological polar surface area (TPSA) is 26.3 Å². The standard InChI is InChI=1S/C14H16O2S/c1-9-10-7-5-6-8-11(10)17-12(9)13(15)16-14(2,3)4/h5-8H,1-4H3. The van der Waals surface area contributed by atoms with E-state index in [4.69, 9.17) is 4.74 Å². The number of thiophene rings is 1. The highest BCUT2D eigenvalue weighted by Crippen LogP contribution is 2.31. The van der Waals surface area contributed by atoms with Gasteiger partial charge in [0.25, 0.3) is 0 Å². The van der Waals surface area contributed by atoms with Crippen LogP contribution in [0.5, 0.6) is 0 Å². The van der Waals surface area contributed by atoms with Gasteiger partial charge in [-0.3, -0.25) is 0 Å². The molecule has 1 heterocycles. The summed E-state index contributed by atoms with van der Waals surface area (Å²) in [5.74, 6) is -0.226. The van der Waals surface area contributed by atoms with Crippen molar-refractivity contribution in [2.24, 2.45) is 0 Å². The Morgan fingerprint density at radius 2 is 1.88 bits per heavy atom. The lowest BCUT2D eigenvalue weighted by Crippen LogP contribution is -2.23. The monoisotopic (exact) mass is 248 g/mol. The van der Waals surface area contributed by atoms with Gasteiger partial charge in [0.15, 0.2) is 0 Å². The minimum Gasteiger partial charge on any atom is -0.456 e. The Morgan fingerprint density at radius 1 is 1.24 bits per heavy atom. The van der Waals surface area contributed by atoms with Crippen LogP contribution >= 0.6 is 11.3 Å². The molecule has 0 saturated heterocycles. The van der Waals surface area contributed by atoms with Crippen molar-refractivity contribution >= 4 is 27.4 Å². The third kappa shape index (κ3) is 2.50. The summed E-state index contributed by atoms with van der Waals surface area (Å²) < 4.78 is 6.54. The van der Waals surface area contributed by atoms with E-state index in [0.717, 1.165) is 15.6 Å². The lowest BCUT2D eigenvalue weighted by Gasteiger charge is -2.19. The Hall–Kier alpha value is -1.35. The van der Waals surface area contributed by atoms with Crippen LogP contribution in [0.15, 0.2) is 24.3 Å². The number of esters is 1. The summed E-state index contributed by atoms with van der Waals surface area (Å²) in [7, 11) is 0. The third-order valence-corrected chi connectivity index (χ3v) is 3.68. The van der Waals surface area contributed by atoms with Crippen molar-refractivity contribution in [2.45, 2.75) is 33.3 Å². The Labute approximate surface area is 105 Å². The van der Waals surface area contributed by atoms with Gasteiger partial charge >= 0.3 is 5.97 Å². The van der Waals surface area contributed by atoms with E-state index in [2.05, 4.69) is 0 Å². The highest BCUT2D eigenvalue weighted by Gasteiger charge is 2.22. The summed E-state index contributed by atoms with van der Waals surface area (Å²) >= 11 is 1.50. The van der Waals surface area contributed by atoms with Crippen LogP contribution in [0.4, 0.5) is 0 Å². The van der Waals surface area contributed by atoms with Crippen LogP contribution in [0.1, 0.15) is 36.0 Å². The molecule has 90 valence electrons. The summed E-state index contributed by atoms with van der Waals surface area (Å²) in [6.45, 7) is 7.62. The Balaban J connectivity index is 2.43. The molecule has 0 bridgehead atoms. The molecule has 0 aliphatic rings. The molecule has 0 spiro atoms. The van der Waals surface area contributed by atoms with E-state index in [1.807, 2.05) is 52.0 Å². The number of hydrogen-bond acceptors (Lipinski definition) is 3. The van der Waals surface area contributed by atoms with Crippen LogP contribution in [-0.4, -0.2) is 11.6 Å². The molecular formula is C14H16O2S. The van der Waals surface area contributed by atoms with Gasteiger partial charge in [-0.05, 0) is 44.7 Å². The van der Waals surface area contributed by atoms with Gasteiger partial charge in [0.05, 0.1) is 0 Å². The molecule has 0 fully saturated rings. The Bertz CT molecular complexity index is 561. The van der Waals surface area contributed by atoms with Crippen LogP contribution in [0.25, 0.3) is 10.1 Å². The number of rotatable bonds is 1. The SMILES string of the molecule is Cc1c(C(=O)OC(C)(C)C)sc2ccccc12. The number of hydrogen-bond donors (Lipinski definition) is 0. The van der Waals surface area contributed by atoms with E-state index in [1.165, 1.54) is 11.3 Å². The molecule has 1 aromatic carbocycles. The zero-order chi connectivity index (χ0) is 12.6. The maximum absolute atomic E-state index is 12.0. The van der Waals surface area contributed by atoms with E-state index in [0.29, 0.717) is 4.88 Å². The predicted molar refractivity (Wildman–Crippen MR) is 71.7 cm³/mol. The molecule has 2 nitrogen and oxygen atoms in total. The molecule has 0 amide bonds. The smallest absolute Gasteiger partial charge is 0.349 e. The molecule has 1 aromatic heterocycles. The van der Waals surface area contributed by atoms with Crippen LogP contribution < -0.4 is 0 Å². The minimum absolute atomic E-state index is 0.226. The quantitative estimate of drug-likeness (QED) is 0.708. The summed E-state index contributed by atoms with van der Waals surface area (Å²) in [5, 5.41) is 1.14. The fourth-order valence-electron chi connectivity index (χ4n) is 1.69. The first-order chi connectivity index (χ1) is 7.88. The van der Waals surface area contributed by atoms with Gasteiger partial charge in [-0.15, -0.1) is 11.3 Å². The maximum Gasteiger partial charge on any atom is 0.349 e. The lowest BCUT2D eigenvalue weighted by atomic mass is 10.1. The second-order valence-electron chi connectivity index (χ2n) is 5.05. The van der Waals surface area contributed by atoms with Crippen LogP contribution in [0.3, 0.4) is 0 Å². The Morgan fingerprint density at radius 3 is 2.47 bits per heavy atom. The van der Waals surface area contributed by atoms with Crippen LogP contribution in [0, 0.1) is 6.92 Å². The second kappa shape index (κ2) is 4.15. The summed E-state index contributed by atoms with van der Waals surface area (Å²) in [6, 6.07) is 8.04. The first kappa shape index (κ1) is 12.1. The van der Waals surface area contributed by atoms with Crippen LogP contribution in [0.2, 0.25) is 0 Å². The zero-order valence-electron chi connectivity index (χ0n) is 10.5. The normalized spacial score (nSPS) is 11.8. The maximum atomic E-state index is 12.0. The van der Waals surface area contributed by atoms with Crippen molar-refractivity contribution in [3.05, 3.63) is 34.7 Å². The van der Waals surface area contributed by atoms with Gasteiger partial charge in [0.1, 0.15) is 10.5 Å². The third-order valence-electron chi connectivity index (χ3n) is 2.43. The highest BCUT2D eigenvalue weighted by atomic mass is 32.1. The van der Waals surface area contributed by atoms with Crippen molar-refractivity contribution in [3.8, 4) is 0 Å². The van der Waals surface area contributed by atoms with Crippen molar-refractivity contribution in [1.82, 2.24) is 0 Å². The molecule has 2 rings (SSSR count). The molecule has 3 heteroatoms. The van der Waals surface area contributed by atoms with Crippen molar-refractivity contribution in [1.29, 1.82) is 0 Å². The van der Waals surface area contributed by atoms with E-state index in [9.17, 15) is 4.79 Å². The molecular weight excluding hydrogens is 232 g/mol. The molecule has 2 aromatic rings. The summed E-state index contributed by atoms with van der Waals surface area (Å²) in [6.07, 6.45) is 0. The number of ether oxygens (including phenoxy) is 1. The molecule has 0 N–H and O–H groups in total. The van der Waals surface area contributed by atoms with Gasteiger partial charge in [0, 0.05) is 4.70 Å². The Kier molecular flexibility index (Phi) is 2.96. The van der Waals surface area contributed by atoms with Crippen LogP contribution in [-0.2, 0) is 4.74 Å². The fourth-order valence-corrected chi connectivity index (χ4v) is 2.78. The van der Waals surface area contributed by atoms with E-state index in [1.54, 1.807) is 0 Å². The average Bonchev–Trinajstić information content (AvgIpc) is 2.55. The first-order valence-corrected chi connectivity index (χ1v) is 6.41. The summed E-state index contributed by atoms with van der Waals surface area (Å²) in [4.78, 5) is 12.7. The minimum atomic E-state index is -0.445. The van der Waals surface area contributed by atoms with Gasteiger partial charge < -0.3 is 4.74 Å².